The Morgan fingerprint density at radius 1 is 0.804 bits per heavy atom. The van der Waals surface area contributed by atoms with Crippen molar-refractivity contribution in [2.75, 3.05) is 0 Å². The molecule has 0 amide bonds. The summed E-state index contributed by atoms with van der Waals surface area (Å²) in [5, 5.41) is 7.36. The highest BCUT2D eigenvalue weighted by Gasteiger charge is 2.10. The molecule has 0 saturated heterocycles. The highest BCUT2D eigenvalue weighted by molar-refractivity contribution is 7.86. The van der Waals surface area contributed by atoms with Gasteiger partial charge < -0.3 is 16.0 Å². The van der Waals surface area contributed by atoms with Crippen LogP contribution in [0.4, 0.5) is 0 Å². The molecule has 0 unspecified atom stereocenters. The van der Waals surface area contributed by atoms with E-state index in [4.69, 9.17) is 16.0 Å². The number of rotatable bonds is 6. The molecule has 240 valence electrons. The number of aromatic nitrogens is 2. The molecule has 0 bridgehead atoms. The van der Waals surface area contributed by atoms with Crippen LogP contribution in [0.3, 0.4) is 0 Å². The number of hydrogen-bond acceptors (Lipinski definition) is 7. The van der Waals surface area contributed by atoms with Crippen LogP contribution in [-0.4, -0.2) is 42.7 Å². The number of pyridine rings is 1. The van der Waals surface area contributed by atoms with Crippen LogP contribution in [0.5, 0.6) is 0 Å². The van der Waals surface area contributed by atoms with Gasteiger partial charge in [-0.2, -0.15) is 13.5 Å². The van der Waals surface area contributed by atoms with Crippen molar-refractivity contribution in [3.63, 3.8) is 0 Å². The number of guanidine groups is 1. The lowest BCUT2D eigenvalue weighted by Crippen LogP contribution is -2.21. The highest BCUT2D eigenvalue weighted by Crippen LogP contribution is 2.11. The van der Waals surface area contributed by atoms with Crippen molar-refractivity contribution in [2.45, 2.75) is 23.6 Å². The molecule has 0 radical (unpaired) electrons. The van der Waals surface area contributed by atoms with Gasteiger partial charge in [-0.25, -0.2) is 17.4 Å². The Morgan fingerprint density at radius 3 is 1.85 bits per heavy atom. The van der Waals surface area contributed by atoms with Crippen molar-refractivity contribution in [3.05, 3.63) is 131 Å². The van der Waals surface area contributed by atoms with Crippen molar-refractivity contribution in [1.82, 2.24) is 4.57 Å². The highest BCUT2D eigenvalue weighted by atomic mass is 32.2. The number of nitrogens with two attached hydrogens (primary N) is 2. The van der Waals surface area contributed by atoms with E-state index in [0.717, 1.165) is 33.6 Å². The van der Waals surface area contributed by atoms with Gasteiger partial charge in [0.2, 0.25) is 5.96 Å². The summed E-state index contributed by atoms with van der Waals surface area (Å²) in [5.74, 6) is -0.0568. The van der Waals surface area contributed by atoms with Crippen LogP contribution in [0, 0.1) is 13.8 Å². The van der Waals surface area contributed by atoms with Gasteiger partial charge in [0.05, 0.1) is 29.3 Å². The van der Waals surface area contributed by atoms with Crippen LogP contribution in [0.15, 0.2) is 123 Å². The molecule has 3 aromatic carbocycles. The first-order valence-electron chi connectivity index (χ1n) is 13.6. The van der Waals surface area contributed by atoms with Crippen LogP contribution in [0.25, 0.3) is 17.8 Å². The third kappa shape index (κ3) is 11.1. The average Bonchev–Trinajstić information content (AvgIpc) is 3.32. The maximum Gasteiger partial charge on any atom is 0.294 e. The number of nitrogens with zero attached hydrogens (tertiary/aromatic N) is 4. The van der Waals surface area contributed by atoms with Gasteiger partial charge in [-0.15, -0.1) is 5.10 Å². The normalized spacial score (nSPS) is 11.5. The molecule has 0 spiro atoms. The lowest BCUT2D eigenvalue weighted by atomic mass is 10.1. The minimum atomic E-state index is -4.27. The zero-order chi connectivity index (χ0) is 33.9. The Bertz CT molecular complexity index is 1990. The molecular formula is C32H34N6O6S2. The van der Waals surface area contributed by atoms with Gasteiger partial charge in [-0.05, 0) is 61.4 Å². The molecule has 0 atom stereocenters. The Morgan fingerprint density at radius 2 is 1.35 bits per heavy atom. The van der Waals surface area contributed by atoms with Crippen LogP contribution in [0.1, 0.15) is 27.9 Å². The van der Waals surface area contributed by atoms with Crippen LogP contribution < -0.4 is 15.9 Å². The number of hydrogen-bond donors (Lipinski definition) is 3. The van der Waals surface area contributed by atoms with Gasteiger partial charge in [0.25, 0.3) is 15.8 Å². The predicted molar refractivity (Wildman–Crippen MR) is 177 cm³/mol. The first-order valence-corrected chi connectivity index (χ1v) is 16.4. The lowest BCUT2D eigenvalue weighted by Gasteiger charge is -2.05. The Hall–Kier alpha value is -5.15. The molecule has 0 saturated carbocycles. The summed E-state index contributed by atoms with van der Waals surface area (Å²) in [5.41, 5.74) is 16.6. The van der Waals surface area contributed by atoms with E-state index >= 15 is 0 Å². The fourth-order valence-electron chi connectivity index (χ4n) is 3.81. The number of benzene rings is 3. The molecule has 0 aliphatic heterocycles. The fourth-order valence-corrected chi connectivity index (χ4v) is 4.76. The largest absolute Gasteiger partial charge is 0.744 e. The van der Waals surface area contributed by atoms with Crippen molar-refractivity contribution in [1.29, 1.82) is 0 Å². The van der Waals surface area contributed by atoms with Gasteiger partial charge in [0, 0.05) is 6.07 Å². The van der Waals surface area contributed by atoms with Gasteiger partial charge in [-0.1, -0.05) is 71.8 Å². The number of imidazole rings is 1. The lowest BCUT2D eigenvalue weighted by molar-refractivity contribution is -0.510. The zero-order valence-electron chi connectivity index (χ0n) is 25.3. The van der Waals surface area contributed by atoms with E-state index in [2.05, 4.69) is 50.6 Å². The van der Waals surface area contributed by atoms with Crippen LogP contribution >= 0.6 is 0 Å². The zero-order valence-corrected chi connectivity index (χ0v) is 26.9. The van der Waals surface area contributed by atoms with E-state index in [-0.39, 0.29) is 15.8 Å². The van der Waals surface area contributed by atoms with E-state index < -0.39 is 20.2 Å². The summed E-state index contributed by atoms with van der Waals surface area (Å²) < 4.78 is 65.0. The fraction of sp³-hybridized carbons (Fsp3) is 0.0938. The Labute approximate surface area is 268 Å². The van der Waals surface area contributed by atoms with Crippen molar-refractivity contribution >= 4 is 50.2 Å². The molecule has 0 fully saturated rings. The van der Waals surface area contributed by atoms with Crippen molar-refractivity contribution in [2.24, 2.45) is 28.7 Å². The monoisotopic (exact) mass is 662 g/mol. The van der Waals surface area contributed by atoms with Crippen LogP contribution in [0.2, 0.25) is 0 Å². The molecule has 46 heavy (non-hydrogen) atoms. The minimum absolute atomic E-state index is 0.0568. The summed E-state index contributed by atoms with van der Waals surface area (Å²) in [6, 6.07) is 25.9. The third-order valence-corrected chi connectivity index (χ3v) is 7.98. The maximum absolute atomic E-state index is 10.5. The molecule has 12 nitrogen and oxygen atoms in total. The average molecular weight is 663 g/mol. The molecule has 14 heteroatoms. The van der Waals surface area contributed by atoms with E-state index in [0.29, 0.717) is 0 Å². The van der Waals surface area contributed by atoms with Gasteiger partial charge >= 0.3 is 0 Å². The van der Waals surface area contributed by atoms with Gasteiger partial charge in [-0.3, -0.25) is 4.55 Å². The SMILES string of the molecule is Cc1ccc(S(=O)(=O)O)cc1.Cc1ccc(S(=O)(=O)[O-])cc1.Cn1c(/C=C/c2ccc(/C=N/N=C(N)N)cc2)c[n+]2ccccc12. The first-order chi connectivity index (χ1) is 21.6. The van der Waals surface area contributed by atoms with E-state index in [9.17, 15) is 21.4 Å². The van der Waals surface area contributed by atoms with Crippen molar-refractivity contribution < 1.29 is 30.3 Å². The minimum Gasteiger partial charge on any atom is -0.744 e. The second-order valence-corrected chi connectivity index (χ2v) is 12.7. The Balaban J connectivity index is 0.000000217. The maximum atomic E-state index is 10.5. The van der Waals surface area contributed by atoms with Gasteiger partial charge in [0.15, 0.2) is 5.69 Å². The first kappa shape index (κ1) is 35.3. The molecule has 2 aromatic heterocycles. The second kappa shape index (κ2) is 15.7. The quantitative estimate of drug-likeness (QED) is 0.0804. The van der Waals surface area contributed by atoms with E-state index in [1.54, 1.807) is 30.5 Å². The summed E-state index contributed by atoms with van der Waals surface area (Å²) in [7, 11) is -6.24. The summed E-state index contributed by atoms with van der Waals surface area (Å²) in [6.07, 6.45) is 9.91. The van der Waals surface area contributed by atoms with E-state index in [1.165, 1.54) is 24.3 Å². The molecular weight excluding hydrogens is 629 g/mol. The van der Waals surface area contributed by atoms with Crippen LogP contribution in [-0.2, 0) is 27.3 Å². The molecule has 2 heterocycles. The summed E-state index contributed by atoms with van der Waals surface area (Å²) in [4.78, 5) is -0.244. The van der Waals surface area contributed by atoms with Gasteiger partial charge in [0.1, 0.15) is 16.3 Å². The van der Waals surface area contributed by atoms with E-state index in [1.807, 2.05) is 56.4 Å². The van der Waals surface area contributed by atoms with Crippen molar-refractivity contribution in [3.8, 4) is 0 Å². The molecule has 5 aromatic rings. The standard InChI is InChI=1S/C18H19N6.2C7H8O3S/c1-23-16(13-24-11-3-2-4-17(23)24)10-9-14-5-7-15(8-6-14)12-21-22-18(19)20;2*1-6-2-4-7(5-3-6)11(8,9)10/h2-13H,1H3,(H4,19,20,22);2*2-5H,1H3,(H,8,9,10)/q+1;;/p-1/b10-9+,21-12+;;. The summed E-state index contributed by atoms with van der Waals surface area (Å²) in [6.45, 7) is 3.66. The second-order valence-electron chi connectivity index (χ2n) is 9.90. The smallest absolute Gasteiger partial charge is 0.294 e. The topological polar surface area (TPSA) is 197 Å². The molecule has 0 aliphatic rings. The number of fused-ring (bicyclic) bond motifs is 1. The predicted octanol–water partition coefficient (Wildman–Crippen LogP) is 3.68. The summed E-state index contributed by atoms with van der Waals surface area (Å²) >= 11 is 0. The number of aryl methyl sites for hydroxylation is 3. The molecule has 5 N–H and O–H groups in total. The molecule has 0 aliphatic carbocycles. The third-order valence-electron chi connectivity index (χ3n) is 6.26. The molecule has 5 rings (SSSR count). The Kier molecular flexibility index (Phi) is 12.1.